The minimum atomic E-state index is -1.36. The number of rotatable bonds is 0. The van der Waals surface area contributed by atoms with E-state index >= 15 is 8.78 Å². The standard InChI is InChI=1S/C27H21F4N3/c1-26(2)15-11-14(16(28)12-17(15)29)20-7-5-9-22(32-20)27(3,4)23-10-6-8-21(33-23)24-18(30)13-19(31)25(26)34-24/h5-13H,1-4H3. The van der Waals surface area contributed by atoms with Gasteiger partial charge in [-0.15, -0.1) is 0 Å². The van der Waals surface area contributed by atoms with Gasteiger partial charge in [0, 0.05) is 34.1 Å². The Morgan fingerprint density at radius 3 is 1.85 bits per heavy atom. The zero-order chi connectivity index (χ0) is 24.4. The van der Waals surface area contributed by atoms with E-state index in [9.17, 15) is 8.78 Å². The minimum Gasteiger partial charge on any atom is -0.252 e. The topological polar surface area (TPSA) is 38.7 Å². The van der Waals surface area contributed by atoms with Gasteiger partial charge in [-0.1, -0.05) is 12.1 Å². The van der Waals surface area contributed by atoms with Gasteiger partial charge in [0.1, 0.15) is 23.1 Å². The van der Waals surface area contributed by atoms with Crippen molar-refractivity contribution >= 4 is 0 Å². The van der Waals surface area contributed by atoms with Crippen LogP contribution in [0.4, 0.5) is 17.6 Å². The maximum Gasteiger partial charge on any atom is 0.154 e. The summed E-state index contributed by atoms with van der Waals surface area (Å²) in [5, 5.41) is 0. The lowest BCUT2D eigenvalue weighted by Crippen LogP contribution is -2.26. The molecule has 0 unspecified atom stereocenters. The van der Waals surface area contributed by atoms with Gasteiger partial charge in [-0.3, -0.25) is 9.97 Å². The molecule has 5 rings (SSSR count). The van der Waals surface area contributed by atoms with Crippen molar-refractivity contribution in [2.45, 2.75) is 38.5 Å². The van der Waals surface area contributed by atoms with Gasteiger partial charge < -0.3 is 0 Å². The zero-order valence-corrected chi connectivity index (χ0v) is 19.0. The van der Waals surface area contributed by atoms with Crippen molar-refractivity contribution in [1.29, 1.82) is 0 Å². The summed E-state index contributed by atoms with van der Waals surface area (Å²) < 4.78 is 60.0. The molecule has 4 aromatic rings. The third-order valence-electron chi connectivity index (χ3n) is 6.55. The fourth-order valence-corrected chi connectivity index (χ4v) is 4.41. The summed E-state index contributed by atoms with van der Waals surface area (Å²) in [6.45, 7) is 6.91. The lowest BCUT2D eigenvalue weighted by Gasteiger charge is -2.28. The van der Waals surface area contributed by atoms with E-state index in [-0.39, 0.29) is 28.2 Å². The highest BCUT2D eigenvalue weighted by Gasteiger charge is 2.35. The Balaban J connectivity index is 1.93. The number of hydrogen-bond acceptors (Lipinski definition) is 3. The summed E-state index contributed by atoms with van der Waals surface area (Å²) in [6.07, 6.45) is 0. The molecule has 0 radical (unpaired) electrons. The van der Waals surface area contributed by atoms with E-state index in [0.29, 0.717) is 17.1 Å². The summed E-state index contributed by atoms with van der Waals surface area (Å²) in [6, 6.07) is 13.1. The molecule has 0 atom stereocenters. The maximum absolute atomic E-state index is 15.1. The van der Waals surface area contributed by atoms with Gasteiger partial charge in [-0.25, -0.2) is 22.5 Å². The average molecular weight is 463 g/mol. The van der Waals surface area contributed by atoms with Crippen LogP contribution in [-0.4, -0.2) is 15.0 Å². The molecule has 1 aliphatic heterocycles. The van der Waals surface area contributed by atoms with Crippen LogP contribution in [0.25, 0.3) is 22.6 Å². The van der Waals surface area contributed by atoms with Crippen LogP contribution < -0.4 is 0 Å². The normalized spacial score (nSPS) is 15.5. The fourth-order valence-electron chi connectivity index (χ4n) is 4.41. The second-order valence-electron chi connectivity index (χ2n) is 9.53. The molecule has 3 aromatic heterocycles. The molecule has 7 heteroatoms. The van der Waals surface area contributed by atoms with Crippen molar-refractivity contribution in [3.05, 3.63) is 101 Å². The van der Waals surface area contributed by atoms with E-state index in [0.717, 1.165) is 12.1 Å². The second-order valence-corrected chi connectivity index (χ2v) is 9.53. The van der Waals surface area contributed by atoms with Crippen LogP contribution in [0.15, 0.2) is 54.6 Å². The average Bonchev–Trinajstić information content (AvgIpc) is 2.78. The highest BCUT2D eigenvalue weighted by Crippen LogP contribution is 2.39. The molecule has 0 spiro atoms. The maximum atomic E-state index is 15.1. The molecular weight excluding hydrogens is 442 g/mol. The second kappa shape index (κ2) is 7.45. The molecule has 0 N–H and O–H groups in total. The monoisotopic (exact) mass is 463 g/mol. The first-order valence-corrected chi connectivity index (χ1v) is 10.8. The predicted octanol–water partition coefficient (Wildman–Crippen LogP) is 6.73. The van der Waals surface area contributed by atoms with E-state index in [4.69, 9.17) is 0 Å². The summed E-state index contributed by atoms with van der Waals surface area (Å²) in [7, 11) is 0. The third kappa shape index (κ3) is 3.30. The third-order valence-corrected chi connectivity index (χ3v) is 6.55. The van der Waals surface area contributed by atoms with Crippen molar-refractivity contribution in [2.24, 2.45) is 0 Å². The van der Waals surface area contributed by atoms with Crippen LogP contribution in [-0.2, 0) is 10.8 Å². The number of aromatic nitrogens is 3. The largest absolute Gasteiger partial charge is 0.252 e. The summed E-state index contributed by atoms with van der Waals surface area (Å²) in [5.74, 6) is -3.46. The Bertz CT molecular complexity index is 1350. The number of pyridine rings is 3. The number of nitrogens with zero attached hydrogens (tertiary/aromatic N) is 3. The van der Waals surface area contributed by atoms with Crippen molar-refractivity contribution in [2.75, 3.05) is 0 Å². The van der Waals surface area contributed by atoms with Gasteiger partial charge in [0.05, 0.1) is 28.5 Å². The molecule has 34 heavy (non-hydrogen) atoms. The van der Waals surface area contributed by atoms with Crippen LogP contribution in [0.5, 0.6) is 0 Å². The molecule has 3 nitrogen and oxygen atoms in total. The molecule has 172 valence electrons. The molecule has 0 fully saturated rings. The number of benzene rings is 1. The van der Waals surface area contributed by atoms with Gasteiger partial charge in [0.25, 0.3) is 0 Å². The SMILES string of the molecule is CC1(C)c2cccc(n2)-c2cc(c(F)cc2F)C(C)(C)c2nc(c(F)cc2F)-c2cccc1n2. The van der Waals surface area contributed by atoms with E-state index in [1.807, 2.05) is 13.8 Å². The Labute approximate surface area is 194 Å². The molecule has 1 aromatic carbocycles. The molecule has 1 aliphatic rings. The Morgan fingerprint density at radius 1 is 0.588 bits per heavy atom. The molecule has 0 saturated heterocycles. The van der Waals surface area contributed by atoms with Gasteiger partial charge in [0.2, 0.25) is 0 Å². The summed E-state index contributed by atoms with van der Waals surface area (Å²) in [4.78, 5) is 13.6. The van der Waals surface area contributed by atoms with E-state index < -0.39 is 34.1 Å². The Kier molecular flexibility index (Phi) is 4.86. The number of halogens is 4. The molecule has 0 saturated carbocycles. The van der Waals surface area contributed by atoms with E-state index in [1.54, 1.807) is 50.2 Å². The molecular formula is C27H21F4N3. The van der Waals surface area contributed by atoms with Crippen molar-refractivity contribution < 1.29 is 17.6 Å². The highest BCUT2D eigenvalue weighted by molar-refractivity contribution is 5.64. The van der Waals surface area contributed by atoms with Crippen LogP contribution in [0.1, 0.15) is 50.3 Å². The number of hydrogen-bond donors (Lipinski definition) is 0. The minimum absolute atomic E-state index is 0.0121. The van der Waals surface area contributed by atoms with Gasteiger partial charge in [-0.05, 0) is 58.0 Å². The van der Waals surface area contributed by atoms with Gasteiger partial charge in [0.15, 0.2) is 5.82 Å². The number of fused-ring (bicyclic) bond motifs is 10. The van der Waals surface area contributed by atoms with Crippen LogP contribution >= 0.6 is 0 Å². The summed E-state index contributed by atoms with van der Waals surface area (Å²) >= 11 is 0. The molecule has 4 heterocycles. The van der Waals surface area contributed by atoms with E-state index in [2.05, 4.69) is 15.0 Å². The van der Waals surface area contributed by atoms with Crippen LogP contribution in [0.3, 0.4) is 0 Å². The molecule has 0 aliphatic carbocycles. The van der Waals surface area contributed by atoms with Crippen LogP contribution in [0, 0.1) is 23.3 Å². The quantitative estimate of drug-likeness (QED) is 0.272. The molecule has 0 amide bonds. The van der Waals surface area contributed by atoms with Gasteiger partial charge >= 0.3 is 0 Å². The zero-order valence-electron chi connectivity index (χ0n) is 19.0. The highest BCUT2D eigenvalue weighted by atomic mass is 19.1. The van der Waals surface area contributed by atoms with Crippen LogP contribution in [0.2, 0.25) is 0 Å². The lowest BCUT2D eigenvalue weighted by atomic mass is 9.79. The smallest absolute Gasteiger partial charge is 0.154 e. The molecule has 8 bridgehead atoms. The first-order chi connectivity index (χ1) is 16.0. The van der Waals surface area contributed by atoms with Crippen molar-refractivity contribution in [3.63, 3.8) is 0 Å². The lowest BCUT2D eigenvalue weighted by molar-refractivity contribution is 0.486. The Morgan fingerprint density at radius 2 is 1.18 bits per heavy atom. The van der Waals surface area contributed by atoms with Crippen molar-refractivity contribution in [3.8, 4) is 22.6 Å². The Hall–Kier alpha value is -3.61. The summed E-state index contributed by atoms with van der Waals surface area (Å²) in [5.41, 5.74) is -0.639. The van der Waals surface area contributed by atoms with Crippen molar-refractivity contribution in [1.82, 2.24) is 15.0 Å². The first kappa shape index (κ1) is 22.2. The van der Waals surface area contributed by atoms with E-state index in [1.165, 1.54) is 6.07 Å². The first-order valence-electron chi connectivity index (χ1n) is 10.8. The predicted molar refractivity (Wildman–Crippen MR) is 121 cm³/mol. The fraction of sp³-hybridized carbons (Fsp3) is 0.222. The van der Waals surface area contributed by atoms with Gasteiger partial charge in [-0.2, -0.15) is 0 Å².